The van der Waals surface area contributed by atoms with Crippen LogP contribution in [0.25, 0.3) is 0 Å². The number of hydrogen-bond donors (Lipinski definition) is 1. The molecule has 4 heteroatoms. The standard InChI is InChI=1S/C34H48Cl2N2/c35-30-17-9-15-28(21-30)33(26-11-5-1-2-6-12-26)23-32-24-37-19-20-38(32)25-34(27-13-7-3-4-8-14-27)29-16-10-18-31(36)22-29/h9-10,15-18,21-22,26-27,32-34,37H,1-8,11-14,19-20,23-25H2. The fourth-order valence-electron chi connectivity index (χ4n) is 7.85. The summed E-state index contributed by atoms with van der Waals surface area (Å²) in [5.74, 6) is 2.68. The van der Waals surface area contributed by atoms with Gasteiger partial charge in [0.2, 0.25) is 0 Å². The van der Waals surface area contributed by atoms with Gasteiger partial charge in [0.25, 0.3) is 0 Å². The van der Waals surface area contributed by atoms with Gasteiger partial charge in [0.1, 0.15) is 0 Å². The van der Waals surface area contributed by atoms with Gasteiger partial charge >= 0.3 is 0 Å². The summed E-state index contributed by atoms with van der Waals surface area (Å²) in [5, 5.41) is 5.54. The molecule has 2 nitrogen and oxygen atoms in total. The Balaban J connectivity index is 1.39. The molecule has 3 unspecified atom stereocenters. The fraction of sp³-hybridized carbons (Fsp3) is 0.647. The van der Waals surface area contributed by atoms with Gasteiger partial charge in [-0.3, -0.25) is 4.90 Å². The van der Waals surface area contributed by atoms with Crippen molar-refractivity contribution in [2.45, 2.75) is 101 Å². The summed E-state index contributed by atoms with van der Waals surface area (Å²) < 4.78 is 0. The number of halogens is 2. The number of hydrogen-bond acceptors (Lipinski definition) is 2. The molecule has 2 aliphatic carbocycles. The Morgan fingerprint density at radius 2 is 1.24 bits per heavy atom. The topological polar surface area (TPSA) is 15.3 Å². The molecular formula is C34H48Cl2N2. The third-order valence-electron chi connectivity index (χ3n) is 9.92. The monoisotopic (exact) mass is 554 g/mol. The van der Waals surface area contributed by atoms with Crippen LogP contribution >= 0.6 is 23.2 Å². The Hall–Kier alpha value is -1.06. The minimum atomic E-state index is 0.559. The number of benzene rings is 2. The molecule has 5 rings (SSSR count). The predicted octanol–water partition coefficient (Wildman–Crippen LogP) is 9.47. The molecule has 2 aromatic carbocycles. The third kappa shape index (κ3) is 7.78. The second kappa shape index (κ2) is 14.5. The Bertz CT molecular complexity index is 898. The second-order valence-electron chi connectivity index (χ2n) is 12.4. The van der Waals surface area contributed by atoms with E-state index >= 15 is 0 Å². The van der Waals surface area contributed by atoms with Crippen molar-refractivity contribution < 1.29 is 0 Å². The Labute approximate surface area is 241 Å². The van der Waals surface area contributed by atoms with Gasteiger partial charge in [0.15, 0.2) is 0 Å². The first kappa shape index (κ1) is 28.5. The molecule has 1 aliphatic heterocycles. The van der Waals surface area contributed by atoms with Crippen LogP contribution in [0.1, 0.15) is 106 Å². The first-order chi connectivity index (χ1) is 18.7. The maximum Gasteiger partial charge on any atom is 0.0408 e. The first-order valence-corrected chi connectivity index (χ1v) is 16.4. The summed E-state index contributed by atoms with van der Waals surface area (Å²) in [6.45, 7) is 4.48. The minimum absolute atomic E-state index is 0.559. The van der Waals surface area contributed by atoms with E-state index in [-0.39, 0.29) is 0 Å². The van der Waals surface area contributed by atoms with Crippen molar-refractivity contribution in [1.82, 2.24) is 10.2 Å². The lowest BCUT2D eigenvalue weighted by Crippen LogP contribution is -2.53. The van der Waals surface area contributed by atoms with E-state index in [4.69, 9.17) is 23.2 Å². The van der Waals surface area contributed by atoms with Crippen molar-refractivity contribution in [3.05, 3.63) is 69.7 Å². The molecule has 3 fully saturated rings. The predicted molar refractivity (Wildman–Crippen MR) is 164 cm³/mol. The van der Waals surface area contributed by atoms with Crippen molar-refractivity contribution in [1.29, 1.82) is 0 Å². The molecule has 2 saturated carbocycles. The van der Waals surface area contributed by atoms with Gasteiger partial charge in [-0.1, -0.05) is 98.8 Å². The van der Waals surface area contributed by atoms with Crippen LogP contribution in [0.5, 0.6) is 0 Å². The van der Waals surface area contributed by atoms with E-state index in [1.54, 1.807) is 0 Å². The van der Waals surface area contributed by atoms with Crippen LogP contribution in [0.4, 0.5) is 0 Å². The maximum absolute atomic E-state index is 6.55. The highest BCUT2D eigenvalue weighted by molar-refractivity contribution is 6.30. The highest BCUT2D eigenvalue weighted by Crippen LogP contribution is 2.41. The summed E-state index contributed by atoms with van der Waals surface area (Å²) in [6.07, 6.45) is 17.8. The van der Waals surface area contributed by atoms with Crippen molar-refractivity contribution >= 4 is 23.2 Å². The van der Waals surface area contributed by atoms with Gasteiger partial charge in [-0.15, -0.1) is 0 Å². The Kier molecular flexibility index (Phi) is 10.9. The molecule has 0 aromatic heterocycles. The third-order valence-corrected chi connectivity index (χ3v) is 10.4. The zero-order valence-corrected chi connectivity index (χ0v) is 24.7. The van der Waals surface area contributed by atoms with E-state index in [0.29, 0.717) is 17.9 Å². The molecular weight excluding hydrogens is 507 g/mol. The normalized spacial score (nSPS) is 24.4. The van der Waals surface area contributed by atoms with Gasteiger partial charge in [0, 0.05) is 42.3 Å². The van der Waals surface area contributed by atoms with Crippen LogP contribution in [0.15, 0.2) is 48.5 Å². The number of nitrogens with zero attached hydrogens (tertiary/aromatic N) is 1. The molecule has 3 atom stereocenters. The van der Waals surface area contributed by atoms with Gasteiger partial charge in [-0.25, -0.2) is 0 Å². The Morgan fingerprint density at radius 3 is 1.79 bits per heavy atom. The molecule has 208 valence electrons. The lowest BCUT2D eigenvalue weighted by molar-refractivity contribution is 0.116. The van der Waals surface area contributed by atoms with Gasteiger partial charge in [-0.2, -0.15) is 0 Å². The highest BCUT2D eigenvalue weighted by Gasteiger charge is 2.34. The zero-order valence-electron chi connectivity index (χ0n) is 23.2. The fourth-order valence-corrected chi connectivity index (χ4v) is 8.25. The molecule has 1 N–H and O–H groups in total. The summed E-state index contributed by atoms with van der Waals surface area (Å²) in [4.78, 5) is 2.86. The molecule has 1 saturated heterocycles. The molecule has 0 amide bonds. The summed E-state index contributed by atoms with van der Waals surface area (Å²) in [5.41, 5.74) is 2.92. The molecule has 38 heavy (non-hydrogen) atoms. The summed E-state index contributed by atoms with van der Waals surface area (Å²) in [7, 11) is 0. The molecule has 1 heterocycles. The minimum Gasteiger partial charge on any atom is -0.314 e. The summed E-state index contributed by atoms with van der Waals surface area (Å²) in [6, 6.07) is 18.2. The molecule has 0 radical (unpaired) electrons. The van der Waals surface area contributed by atoms with Crippen molar-refractivity contribution in [2.75, 3.05) is 26.2 Å². The van der Waals surface area contributed by atoms with E-state index in [1.807, 2.05) is 12.1 Å². The van der Waals surface area contributed by atoms with Gasteiger partial charge in [0.05, 0.1) is 0 Å². The van der Waals surface area contributed by atoms with Crippen molar-refractivity contribution in [3.63, 3.8) is 0 Å². The second-order valence-corrected chi connectivity index (χ2v) is 13.3. The van der Waals surface area contributed by atoms with Crippen LogP contribution in [0.2, 0.25) is 10.0 Å². The largest absolute Gasteiger partial charge is 0.314 e. The lowest BCUT2D eigenvalue weighted by atomic mass is 9.76. The lowest BCUT2D eigenvalue weighted by Gasteiger charge is -2.42. The maximum atomic E-state index is 6.55. The quantitative estimate of drug-likeness (QED) is 0.326. The molecule has 2 aromatic rings. The number of rotatable bonds is 8. The van der Waals surface area contributed by atoms with E-state index in [2.05, 4.69) is 46.6 Å². The van der Waals surface area contributed by atoms with Crippen molar-refractivity contribution in [2.24, 2.45) is 11.8 Å². The van der Waals surface area contributed by atoms with Gasteiger partial charge in [-0.05, 0) is 91.2 Å². The van der Waals surface area contributed by atoms with Crippen LogP contribution in [0.3, 0.4) is 0 Å². The van der Waals surface area contributed by atoms with E-state index < -0.39 is 0 Å². The zero-order chi connectivity index (χ0) is 26.2. The average molecular weight is 556 g/mol. The van der Waals surface area contributed by atoms with E-state index in [1.165, 1.54) is 94.6 Å². The van der Waals surface area contributed by atoms with E-state index in [9.17, 15) is 0 Å². The molecule has 0 bridgehead atoms. The number of nitrogens with one attached hydrogen (secondary N) is 1. The highest BCUT2D eigenvalue weighted by atomic mass is 35.5. The average Bonchev–Trinajstić information content (AvgIpc) is 3.37. The van der Waals surface area contributed by atoms with Crippen LogP contribution in [-0.4, -0.2) is 37.1 Å². The molecule has 3 aliphatic rings. The van der Waals surface area contributed by atoms with Crippen LogP contribution in [-0.2, 0) is 0 Å². The summed E-state index contributed by atoms with van der Waals surface area (Å²) >= 11 is 13.1. The Morgan fingerprint density at radius 1 is 0.711 bits per heavy atom. The first-order valence-electron chi connectivity index (χ1n) is 15.6. The van der Waals surface area contributed by atoms with Crippen LogP contribution in [0, 0.1) is 11.8 Å². The van der Waals surface area contributed by atoms with E-state index in [0.717, 1.165) is 48.1 Å². The van der Waals surface area contributed by atoms with Crippen molar-refractivity contribution in [3.8, 4) is 0 Å². The number of piperazine rings is 1. The van der Waals surface area contributed by atoms with Crippen LogP contribution < -0.4 is 5.32 Å². The van der Waals surface area contributed by atoms with Gasteiger partial charge < -0.3 is 5.32 Å². The molecule has 0 spiro atoms. The smallest absolute Gasteiger partial charge is 0.0408 e. The SMILES string of the molecule is Clc1cccc(C(CC2CNCCN2CC(c2cccc(Cl)c2)C2CCCCCC2)C2CCCCCC2)c1.